The number of aliphatic hydroxyl groups is 1. The Bertz CT molecular complexity index is 658. The van der Waals surface area contributed by atoms with Crippen LogP contribution < -0.4 is 0 Å². The number of piperidine rings is 1. The zero-order valence-corrected chi connectivity index (χ0v) is 15.7. The zero-order chi connectivity index (χ0) is 17.7. The fraction of sp³-hybridized carbons (Fsp3) is 0.611. The number of amides is 1. The maximum absolute atomic E-state index is 12.3. The number of carbonyl (C=O) groups is 1. The van der Waals surface area contributed by atoms with Crippen LogP contribution in [-0.4, -0.2) is 41.4 Å². The molecule has 3 atom stereocenters. The van der Waals surface area contributed by atoms with Gasteiger partial charge in [0, 0.05) is 18.5 Å². The number of hydrogen-bond donors (Lipinski definition) is 1. The highest BCUT2D eigenvalue weighted by atomic mass is 35.5. The Hall–Kier alpha value is -0.970. The molecule has 1 aromatic rings. The lowest BCUT2D eigenvalue weighted by molar-refractivity contribution is 0.0206. The molecule has 1 amide bonds. The molecular formula is C18H23Cl2NO3. The van der Waals surface area contributed by atoms with Crippen LogP contribution in [0.3, 0.4) is 0 Å². The van der Waals surface area contributed by atoms with E-state index in [2.05, 4.69) is 0 Å². The molecule has 1 aromatic carbocycles. The standard InChI is InChI=1S/C18H23Cl2NO3/c1-17(2,3)24-16(23)21-7-6-12-13(9-21)18(12,10-22)11-4-5-14(19)15(20)8-11/h4-5,8,12-13,22H,6-7,9-10H2,1-3H3/t12-,13+,18+/m0/s1. The van der Waals surface area contributed by atoms with Crippen LogP contribution in [0.15, 0.2) is 18.2 Å². The summed E-state index contributed by atoms with van der Waals surface area (Å²) in [5.41, 5.74) is 0.167. The molecule has 24 heavy (non-hydrogen) atoms. The molecule has 0 bridgehead atoms. The van der Waals surface area contributed by atoms with Crippen LogP contribution in [0.2, 0.25) is 10.0 Å². The number of benzene rings is 1. The molecule has 0 aromatic heterocycles. The van der Waals surface area contributed by atoms with Crippen molar-refractivity contribution in [1.29, 1.82) is 0 Å². The molecule has 1 heterocycles. The fourth-order valence-electron chi connectivity index (χ4n) is 4.01. The van der Waals surface area contributed by atoms with Crippen molar-refractivity contribution in [2.45, 2.75) is 38.2 Å². The minimum Gasteiger partial charge on any atom is -0.444 e. The fourth-order valence-corrected chi connectivity index (χ4v) is 4.31. The molecule has 0 radical (unpaired) electrons. The SMILES string of the molecule is CC(C)(C)OC(=O)N1CC[C@H]2[C@@H](C1)[C@]2(CO)c1ccc(Cl)c(Cl)c1. The minimum atomic E-state index is -0.505. The third-order valence-electron chi connectivity index (χ3n) is 5.20. The summed E-state index contributed by atoms with van der Waals surface area (Å²) in [5, 5.41) is 11.1. The van der Waals surface area contributed by atoms with Gasteiger partial charge in [0.15, 0.2) is 0 Å². The maximum Gasteiger partial charge on any atom is 0.410 e. The van der Waals surface area contributed by atoms with Gasteiger partial charge in [-0.15, -0.1) is 0 Å². The van der Waals surface area contributed by atoms with E-state index in [9.17, 15) is 9.90 Å². The molecule has 1 saturated heterocycles. The van der Waals surface area contributed by atoms with Gasteiger partial charge in [0.2, 0.25) is 0 Å². The summed E-state index contributed by atoms with van der Waals surface area (Å²) in [4.78, 5) is 14.1. The highest BCUT2D eigenvalue weighted by Gasteiger charge is 2.66. The Morgan fingerprint density at radius 2 is 2.04 bits per heavy atom. The first-order chi connectivity index (χ1) is 11.2. The van der Waals surface area contributed by atoms with Crippen molar-refractivity contribution in [2.75, 3.05) is 19.7 Å². The molecule has 4 nitrogen and oxygen atoms in total. The lowest BCUT2D eigenvalue weighted by Gasteiger charge is -2.29. The van der Waals surface area contributed by atoms with Gasteiger partial charge < -0.3 is 14.7 Å². The van der Waals surface area contributed by atoms with Gasteiger partial charge in [0.05, 0.1) is 16.7 Å². The Labute approximate surface area is 152 Å². The minimum absolute atomic E-state index is 0.0441. The van der Waals surface area contributed by atoms with E-state index in [-0.39, 0.29) is 24.0 Å². The molecule has 2 fully saturated rings. The maximum atomic E-state index is 12.3. The first-order valence-corrected chi connectivity index (χ1v) is 8.99. The average Bonchev–Trinajstić information content (AvgIpc) is 3.16. The highest BCUT2D eigenvalue weighted by Crippen LogP contribution is 2.63. The first-order valence-electron chi connectivity index (χ1n) is 8.23. The summed E-state index contributed by atoms with van der Waals surface area (Å²) >= 11 is 12.2. The molecule has 1 aliphatic carbocycles. The van der Waals surface area contributed by atoms with E-state index in [4.69, 9.17) is 27.9 Å². The molecule has 132 valence electrons. The van der Waals surface area contributed by atoms with Gasteiger partial charge in [-0.25, -0.2) is 4.79 Å². The van der Waals surface area contributed by atoms with E-state index < -0.39 is 5.60 Å². The van der Waals surface area contributed by atoms with Crippen molar-refractivity contribution in [3.63, 3.8) is 0 Å². The highest BCUT2D eigenvalue weighted by molar-refractivity contribution is 6.42. The second-order valence-electron chi connectivity index (χ2n) is 7.76. The molecule has 3 rings (SSSR count). The van der Waals surface area contributed by atoms with Gasteiger partial charge in [-0.3, -0.25) is 0 Å². The summed E-state index contributed by atoms with van der Waals surface area (Å²) in [7, 11) is 0. The lowest BCUT2D eigenvalue weighted by atomic mass is 9.92. The largest absolute Gasteiger partial charge is 0.444 e. The average molecular weight is 372 g/mol. The van der Waals surface area contributed by atoms with Crippen molar-refractivity contribution >= 4 is 29.3 Å². The van der Waals surface area contributed by atoms with E-state index in [1.54, 1.807) is 11.0 Å². The van der Waals surface area contributed by atoms with E-state index in [1.165, 1.54) is 0 Å². The number of nitrogens with zero attached hydrogens (tertiary/aromatic N) is 1. The van der Waals surface area contributed by atoms with E-state index in [1.807, 2.05) is 32.9 Å². The summed E-state index contributed by atoms with van der Waals surface area (Å²) in [5.74, 6) is 0.583. The molecule has 1 aliphatic heterocycles. The Balaban J connectivity index is 1.78. The second-order valence-corrected chi connectivity index (χ2v) is 8.57. The zero-order valence-electron chi connectivity index (χ0n) is 14.2. The van der Waals surface area contributed by atoms with E-state index >= 15 is 0 Å². The first kappa shape index (κ1) is 17.8. The molecule has 1 N–H and O–H groups in total. The van der Waals surface area contributed by atoms with Crippen LogP contribution >= 0.6 is 23.2 Å². The van der Waals surface area contributed by atoms with E-state index in [0.717, 1.165) is 12.0 Å². The summed E-state index contributed by atoms with van der Waals surface area (Å²) < 4.78 is 5.47. The second kappa shape index (κ2) is 6.08. The lowest BCUT2D eigenvalue weighted by Crippen LogP contribution is -2.40. The molecule has 0 spiro atoms. The van der Waals surface area contributed by atoms with Gasteiger partial charge in [0.25, 0.3) is 0 Å². The molecule has 6 heteroatoms. The van der Waals surface area contributed by atoms with Gasteiger partial charge in [-0.2, -0.15) is 0 Å². The van der Waals surface area contributed by atoms with E-state index in [0.29, 0.717) is 29.1 Å². The molecule has 2 aliphatic rings. The number of likely N-dealkylation sites (tertiary alicyclic amines) is 1. The van der Waals surface area contributed by atoms with Crippen LogP contribution in [0.1, 0.15) is 32.8 Å². The topological polar surface area (TPSA) is 49.8 Å². The van der Waals surface area contributed by atoms with Crippen LogP contribution in [0.5, 0.6) is 0 Å². The van der Waals surface area contributed by atoms with Crippen LogP contribution in [0.4, 0.5) is 4.79 Å². The van der Waals surface area contributed by atoms with Gasteiger partial charge in [0.1, 0.15) is 5.60 Å². The van der Waals surface area contributed by atoms with Crippen molar-refractivity contribution < 1.29 is 14.6 Å². The van der Waals surface area contributed by atoms with Gasteiger partial charge in [-0.1, -0.05) is 29.3 Å². The normalized spacial score (nSPS) is 29.2. The molecular weight excluding hydrogens is 349 g/mol. The third kappa shape index (κ3) is 3.00. The number of fused-ring (bicyclic) bond motifs is 1. The molecule has 1 saturated carbocycles. The summed E-state index contributed by atoms with van der Waals surface area (Å²) in [6.45, 7) is 6.88. The quantitative estimate of drug-likeness (QED) is 0.850. The van der Waals surface area contributed by atoms with Crippen molar-refractivity contribution in [2.24, 2.45) is 11.8 Å². The van der Waals surface area contributed by atoms with Crippen LogP contribution in [0, 0.1) is 11.8 Å². The van der Waals surface area contributed by atoms with Gasteiger partial charge in [-0.05, 0) is 56.7 Å². The Kier molecular flexibility index (Phi) is 4.52. The number of rotatable bonds is 2. The number of aliphatic hydroxyl groups excluding tert-OH is 1. The number of hydrogen-bond acceptors (Lipinski definition) is 3. The number of halogens is 2. The predicted molar refractivity (Wildman–Crippen MR) is 94.6 cm³/mol. The molecule has 0 unspecified atom stereocenters. The number of ether oxygens (including phenoxy) is 1. The van der Waals surface area contributed by atoms with Crippen LogP contribution in [0.25, 0.3) is 0 Å². The third-order valence-corrected chi connectivity index (χ3v) is 5.94. The van der Waals surface area contributed by atoms with Gasteiger partial charge >= 0.3 is 6.09 Å². The predicted octanol–water partition coefficient (Wildman–Crippen LogP) is 4.11. The Morgan fingerprint density at radius 1 is 1.33 bits per heavy atom. The van der Waals surface area contributed by atoms with Crippen molar-refractivity contribution in [3.8, 4) is 0 Å². The smallest absolute Gasteiger partial charge is 0.410 e. The van der Waals surface area contributed by atoms with Crippen molar-refractivity contribution in [3.05, 3.63) is 33.8 Å². The Morgan fingerprint density at radius 3 is 2.62 bits per heavy atom. The van der Waals surface area contributed by atoms with Crippen LogP contribution in [-0.2, 0) is 10.2 Å². The summed E-state index contributed by atoms with van der Waals surface area (Å²) in [6.07, 6.45) is 0.568. The number of carbonyl (C=O) groups excluding carboxylic acids is 1. The monoisotopic (exact) mass is 371 g/mol. The van der Waals surface area contributed by atoms with Crippen molar-refractivity contribution in [1.82, 2.24) is 4.90 Å². The summed E-state index contributed by atoms with van der Waals surface area (Å²) in [6, 6.07) is 5.55.